The summed E-state index contributed by atoms with van der Waals surface area (Å²) < 4.78 is 1.39. The van der Waals surface area contributed by atoms with Crippen molar-refractivity contribution in [1.29, 1.82) is 0 Å². The molecule has 0 spiro atoms. The predicted molar refractivity (Wildman–Crippen MR) is 41.2 cm³/mol. The van der Waals surface area contributed by atoms with Gasteiger partial charge in [-0.2, -0.15) is 0 Å². The Balaban J connectivity index is 0. The van der Waals surface area contributed by atoms with Gasteiger partial charge in [-0.1, -0.05) is 0 Å². The van der Waals surface area contributed by atoms with Crippen molar-refractivity contribution in [2.45, 2.75) is 0 Å². The molecule has 0 aliphatic rings. The average molecular weight is 304 g/mol. The molecule has 0 saturated carbocycles. The molecular formula is C8H4LiNO5Rh. The first-order valence-corrected chi connectivity index (χ1v) is 4.21. The quantitative estimate of drug-likeness (QED) is 0.555. The van der Waals surface area contributed by atoms with Gasteiger partial charge in [-0.05, 0) is 12.1 Å². The number of nitrogens with zero attached hydrogens (tertiary/aromatic N) is 1. The molecule has 0 aliphatic carbocycles. The molecule has 0 unspecified atom stereocenters. The van der Waals surface area contributed by atoms with Crippen molar-refractivity contribution in [3.8, 4) is 0 Å². The fraction of sp³-hybridized carbons (Fsp3) is 0. The van der Waals surface area contributed by atoms with Crippen LogP contribution in [0.25, 0.3) is 0 Å². The van der Waals surface area contributed by atoms with Gasteiger partial charge in [0.15, 0.2) is 0 Å². The number of aromatic nitrogens is 1. The van der Waals surface area contributed by atoms with Gasteiger partial charge in [-0.3, -0.25) is 4.98 Å². The normalized spacial score (nSPS) is 7.56. The molecule has 0 saturated heterocycles. The Kier molecular flexibility index (Phi) is 9.88. The number of aromatic carboxylic acids is 2. The van der Waals surface area contributed by atoms with E-state index in [1.807, 2.05) is 17.9 Å². The van der Waals surface area contributed by atoms with Gasteiger partial charge in [0.05, 0.1) is 17.2 Å². The van der Waals surface area contributed by atoms with Crippen LogP contribution in [0.1, 0.15) is 20.8 Å². The minimum absolute atomic E-state index is 0. The van der Waals surface area contributed by atoms with Crippen LogP contribution in [0, 0.1) is 0 Å². The fourth-order valence-electron chi connectivity index (χ4n) is 0.675. The molecular weight excluding hydrogens is 300 g/mol. The molecule has 0 aromatic carbocycles. The van der Waals surface area contributed by atoms with Crippen molar-refractivity contribution in [3.63, 3.8) is 0 Å². The Bertz CT molecular complexity index is 387. The van der Waals surface area contributed by atoms with Gasteiger partial charge in [0, 0.05) is 6.20 Å². The number of carboxylic acids is 2. The molecule has 1 N–H and O–H groups in total. The second kappa shape index (κ2) is 9.14. The third-order valence-electron chi connectivity index (χ3n) is 1.22. The molecule has 1 aromatic rings. The maximum Gasteiger partial charge on any atom is 1.00 e. The Hall–Kier alpha value is -1.11. The molecule has 16 heavy (non-hydrogen) atoms. The number of carbonyl (C=O) groups excluding carboxylic acids is 2. The van der Waals surface area contributed by atoms with Crippen molar-refractivity contribution < 1.29 is 61.3 Å². The van der Waals surface area contributed by atoms with Crippen molar-refractivity contribution in [3.05, 3.63) is 29.6 Å². The second-order valence-electron chi connectivity index (χ2n) is 2.09. The third-order valence-corrected chi connectivity index (χ3v) is 1.22. The van der Waals surface area contributed by atoms with Crippen LogP contribution in [0.4, 0.5) is 0 Å². The minimum Gasteiger partial charge on any atom is 1.00 e. The van der Waals surface area contributed by atoms with Gasteiger partial charge in [-0.25, -0.2) is 4.79 Å². The zero-order valence-electron chi connectivity index (χ0n) is 8.09. The summed E-state index contributed by atoms with van der Waals surface area (Å²) in [6.45, 7) is 0. The number of rotatable bonds is 2. The third kappa shape index (κ3) is 6.39. The van der Waals surface area contributed by atoms with Gasteiger partial charge in [0.2, 0.25) is 0 Å². The molecule has 0 aliphatic heterocycles. The summed E-state index contributed by atoms with van der Waals surface area (Å²) in [6, 6.07) is 2.15. The van der Waals surface area contributed by atoms with E-state index < -0.39 is 11.9 Å². The molecule has 8 heteroatoms. The van der Waals surface area contributed by atoms with Crippen LogP contribution in [0.5, 0.6) is 0 Å². The number of hydrogen-bond acceptors (Lipinski definition) is 5. The first kappa shape index (κ1) is 17.3. The molecule has 6 nitrogen and oxygen atoms in total. The van der Waals surface area contributed by atoms with E-state index in [-0.39, 0.29) is 30.1 Å². The summed E-state index contributed by atoms with van der Waals surface area (Å²) in [4.78, 5) is 32.6. The largest absolute Gasteiger partial charge is 1.00 e. The van der Waals surface area contributed by atoms with Crippen LogP contribution in [0.3, 0.4) is 0 Å². The van der Waals surface area contributed by atoms with Gasteiger partial charge in [-0.15, -0.1) is 0 Å². The monoisotopic (exact) mass is 304 g/mol. The summed E-state index contributed by atoms with van der Waals surface area (Å²) in [5.41, 5.74) is -0.501. The molecule has 1 aromatic heterocycles. The summed E-state index contributed by atoms with van der Waals surface area (Å²) in [5, 5.41) is 18.7. The first-order valence-electron chi connectivity index (χ1n) is 3.39. The average Bonchev–Trinajstić information content (AvgIpc) is 2.19. The van der Waals surface area contributed by atoms with Gasteiger partial charge in [0.1, 0.15) is 0 Å². The van der Waals surface area contributed by atoms with Crippen LogP contribution in [0.15, 0.2) is 18.3 Å². The maximum absolute atomic E-state index is 10.3. The van der Waals surface area contributed by atoms with Gasteiger partial charge < -0.3 is 15.0 Å². The predicted octanol–water partition coefficient (Wildman–Crippen LogP) is -4.25. The Morgan fingerprint density at radius 2 is 2.00 bits per heavy atom. The number of carbonyl (C=O) groups is 2. The topological polar surface area (TPSA) is 107 Å². The van der Waals surface area contributed by atoms with E-state index in [9.17, 15) is 14.7 Å². The maximum atomic E-state index is 10.3. The number of carboxylic acid groups (broad SMARTS) is 2. The van der Waals surface area contributed by atoms with Gasteiger partial charge in [0.25, 0.3) is 0 Å². The van der Waals surface area contributed by atoms with E-state index in [1.165, 1.54) is 10.5 Å². The smallest absolute Gasteiger partial charge is 1.00 e. The molecule has 0 radical (unpaired) electrons. The fourth-order valence-corrected chi connectivity index (χ4v) is 0.675. The molecule has 0 amide bonds. The van der Waals surface area contributed by atoms with E-state index in [0.29, 0.717) is 0 Å². The summed E-state index contributed by atoms with van der Waals surface area (Å²) in [5.74, 6) is -2.68. The summed E-state index contributed by atoms with van der Waals surface area (Å²) in [7, 11) is 0. The van der Waals surface area contributed by atoms with Crippen molar-refractivity contribution in [1.82, 2.24) is 4.98 Å². The van der Waals surface area contributed by atoms with E-state index in [0.717, 1.165) is 12.3 Å². The molecule has 81 valence electrons. The molecule has 1 rings (SSSR count). The SMILES string of the molecule is O=C(O)c1ccnc(C(=O)[O-])c1.O=[C]=[Rh].[Li+]. The van der Waals surface area contributed by atoms with Crippen LogP contribution in [0.2, 0.25) is 0 Å². The molecule has 0 bridgehead atoms. The Morgan fingerprint density at radius 1 is 1.50 bits per heavy atom. The summed E-state index contributed by atoms with van der Waals surface area (Å²) >= 11 is 1.92. The molecule has 1 heterocycles. The van der Waals surface area contributed by atoms with Crippen LogP contribution in [-0.2, 0) is 22.6 Å². The van der Waals surface area contributed by atoms with E-state index >= 15 is 0 Å². The van der Waals surface area contributed by atoms with E-state index in [2.05, 4.69) is 4.98 Å². The van der Waals surface area contributed by atoms with Crippen LogP contribution >= 0.6 is 0 Å². The zero-order chi connectivity index (χ0) is 11.8. The Morgan fingerprint density at radius 3 is 2.38 bits per heavy atom. The van der Waals surface area contributed by atoms with E-state index in [4.69, 9.17) is 9.90 Å². The molecule has 0 fully saturated rings. The van der Waals surface area contributed by atoms with Crippen LogP contribution < -0.4 is 24.0 Å². The minimum atomic E-state index is -1.49. The van der Waals surface area contributed by atoms with Crippen LogP contribution in [-0.4, -0.2) is 26.5 Å². The first-order chi connectivity index (χ1) is 7.02. The Labute approximate surface area is 112 Å². The van der Waals surface area contributed by atoms with E-state index in [1.54, 1.807) is 0 Å². The summed E-state index contributed by atoms with van der Waals surface area (Å²) in [6.07, 6.45) is 1.11. The molecule has 0 atom stereocenters. The zero-order valence-corrected chi connectivity index (χ0v) is 9.73. The van der Waals surface area contributed by atoms with Gasteiger partial charge >= 0.3 is 51.9 Å². The number of hydrogen-bond donors (Lipinski definition) is 1. The number of pyridine rings is 1. The second-order valence-corrected chi connectivity index (χ2v) is 2.42. The standard InChI is InChI=1S/C7H5NO4.CO.Li.Rh/c9-6(10)4-1-2-8-5(3-4)7(11)12;1-2;;/h1-3H,(H,9,10)(H,11,12);;;/q;;+1;/p-1. The van der Waals surface area contributed by atoms with Crippen molar-refractivity contribution in [2.75, 3.05) is 0 Å². The van der Waals surface area contributed by atoms with Crippen molar-refractivity contribution >= 4 is 16.4 Å². The van der Waals surface area contributed by atoms with Crippen molar-refractivity contribution in [2.24, 2.45) is 0 Å².